The van der Waals surface area contributed by atoms with Gasteiger partial charge in [0.2, 0.25) is 0 Å². The van der Waals surface area contributed by atoms with Crippen LogP contribution in [0.1, 0.15) is 25.3 Å². The minimum absolute atomic E-state index is 0.118. The molecule has 7 nitrogen and oxygen atoms in total. The van der Waals surface area contributed by atoms with Crippen molar-refractivity contribution < 1.29 is 10.2 Å². The summed E-state index contributed by atoms with van der Waals surface area (Å²) in [6.45, 7) is 0. The normalized spacial score (nSPS) is 28.7. The molecule has 2 aromatic rings. The Balaban J connectivity index is 2.02. The van der Waals surface area contributed by atoms with E-state index in [2.05, 4.69) is 15.0 Å². The van der Waals surface area contributed by atoms with E-state index in [-0.39, 0.29) is 6.04 Å². The van der Waals surface area contributed by atoms with Crippen LogP contribution < -0.4 is 5.73 Å². The number of fused-ring (bicyclic) bond motifs is 1. The molecule has 1 aliphatic rings. The molecule has 1 saturated carbocycles. The summed E-state index contributed by atoms with van der Waals surface area (Å²) >= 11 is 0. The molecule has 3 rings (SSSR count). The van der Waals surface area contributed by atoms with Gasteiger partial charge in [0.25, 0.3) is 0 Å². The van der Waals surface area contributed by atoms with Crippen LogP contribution in [0.2, 0.25) is 0 Å². The van der Waals surface area contributed by atoms with E-state index in [1.54, 1.807) is 6.33 Å². The van der Waals surface area contributed by atoms with E-state index in [9.17, 15) is 10.2 Å². The molecule has 18 heavy (non-hydrogen) atoms. The maximum Gasteiger partial charge on any atom is 0.165 e. The van der Waals surface area contributed by atoms with E-state index in [1.807, 2.05) is 4.57 Å². The standard InChI is InChI=1S/C11H15N5O2/c12-10-9-11(14-4-13-10)16(5-15-9)7-2-1-6(17)3-8(7)18/h4-8,17-18H,1-3H2,(H2,12,13,14)/t6-,7+,8+/m0/s1. The molecule has 2 heterocycles. The largest absolute Gasteiger partial charge is 0.393 e. The zero-order valence-electron chi connectivity index (χ0n) is 9.77. The first kappa shape index (κ1) is 11.4. The van der Waals surface area contributed by atoms with Gasteiger partial charge in [-0.25, -0.2) is 15.0 Å². The van der Waals surface area contributed by atoms with Crippen molar-refractivity contribution >= 4 is 17.0 Å². The van der Waals surface area contributed by atoms with Gasteiger partial charge in [-0.2, -0.15) is 0 Å². The van der Waals surface area contributed by atoms with Crippen LogP contribution in [-0.4, -0.2) is 41.9 Å². The second-order valence-electron chi connectivity index (χ2n) is 4.68. The van der Waals surface area contributed by atoms with Gasteiger partial charge < -0.3 is 20.5 Å². The second kappa shape index (κ2) is 4.18. The molecule has 0 saturated heterocycles. The summed E-state index contributed by atoms with van der Waals surface area (Å²) in [5.41, 5.74) is 6.91. The number of anilines is 1. The number of imidazole rings is 1. The molecule has 0 aliphatic heterocycles. The predicted molar refractivity (Wildman–Crippen MR) is 64.6 cm³/mol. The van der Waals surface area contributed by atoms with Crippen molar-refractivity contribution in [1.82, 2.24) is 19.5 Å². The lowest BCUT2D eigenvalue weighted by molar-refractivity contribution is 0.00699. The van der Waals surface area contributed by atoms with Gasteiger partial charge in [-0.15, -0.1) is 0 Å². The molecule has 1 aliphatic carbocycles. The first-order chi connectivity index (χ1) is 8.66. The van der Waals surface area contributed by atoms with Crippen LogP contribution in [0.3, 0.4) is 0 Å². The molecule has 0 bridgehead atoms. The zero-order chi connectivity index (χ0) is 12.7. The van der Waals surface area contributed by atoms with Crippen LogP contribution in [0.4, 0.5) is 5.82 Å². The number of aromatic nitrogens is 4. The van der Waals surface area contributed by atoms with Gasteiger partial charge in [0.15, 0.2) is 11.5 Å². The summed E-state index contributed by atoms with van der Waals surface area (Å²) in [7, 11) is 0. The van der Waals surface area contributed by atoms with E-state index in [1.165, 1.54) is 6.33 Å². The van der Waals surface area contributed by atoms with E-state index in [0.29, 0.717) is 36.2 Å². The highest BCUT2D eigenvalue weighted by Crippen LogP contribution is 2.31. The van der Waals surface area contributed by atoms with E-state index >= 15 is 0 Å². The minimum atomic E-state index is -0.595. The highest BCUT2D eigenvalue weighted by molar-refractivity contribution is 5.81. The predicted octanol–water partition coefficient (Wildman–Crippen LogP) is -0.145. The molecule has 0 radical (unpaired) electrons. The topological polar surface area (TPSA) is 110 Å². The monoisotopic (exact) mass is 249 g/mol. The molecule has 3 atom stereocenters. The Morgan fingerprint density at radius 3 is 2.83 bits per heavy atom. The van der Waals surface area contributed by atoms with Crippen molar-refractivity contribution in [2.75, 3.05) is 5.73 Å². The highest BCUT2D eigenvalue weighted by Gasteiger charge is 2.30. The Morgan fingerprint density at radius 2 is 2.06 bits per heavy atom. The van der Waals surface area contributed by atoms with Gasteiger partial charge in [0, 0.05) is 6.42 Å². The number of aliphatic hydroxyl groups is 2. The number of hydrogen-bond donors (Lipinski definition) is 3. The number of nitrogen functional groups attached to an aromatic ring is 1. The third-order valence-electron chi connectivity index (χ3n) is 3.50. The number of rotatable bonds is 1. The Bertz CT molecular complexity index is 570. The van der Waals surface area contributed by atoms with Gasteiger partial charge in [-0.05, 0) is 12.8 Å². The maximum atomic E-state index is 10.1. The van der Waals surface area contributed by atoms with E-state index < -0.39 is 12.2 Å². The quantitative estimate of drug-likeness (QED) is 0.648. The van der Waals surface area contributed by atoms with Crippen LogP contribution >= 0.6 is 0 Å². The second-order valence-corrected chi connectivity index (χ2v) is 4.68. The van der Waals surface area contributed by atoms with E-state index in [4.69, 9.17) is 5.73 Å². The molecule has 0 aromatic carbocycles. The van der Waals surface area contributed by atoms with Crippen molar-refractivity contribution in [3.63, 3.8) is 0 Å². The molecule has 0 unspecified atom stereocenters. The highest BCUT2D eigenvalue weighted by atomic mass is 16.3. The smallest absolute Gasteiger partial charge is 0.165 e. The Kier molecular flexibility index (Phi) is 2.64. The fourth-order valence-corrected chi connectivity index (χ4v) is 2.55. The first-order valence-electron chi connectivity index (χ1n) is 5.96. The summed E-state index contributed by atoms with van der Waals surface area (Å²) in [6.07, 6.45) is 3.74. The van der Waals surface area contributed by atoms with Gasteiger partial charge in [0.1, 0.15) is 11.8 Å². The maximum absolute atomic E-state index is 10.1. The van der Waals surface area contributed by atoms with Crippen LogP contribution in [0.15, 0.2) is 12.7 Å². The molecule has 96 valence electrons. The number of nitrogens with zero attached hydrogens (tertiary/aromatic N) is 4. The van der Waals surface area contributed by atoms with Crippen LogP contribution in [0, 0.1) is 0 Å². The molecule has 4 N–H and O–H groups in total. The lowest BCUT2D eigenvalue weighted by atomic mass is 9.90. The van der Waals surface area contributed by atoms with Crippen molar-refractivity contribution in [3.05, 3.63) is 12.7 Å². The third-order valence-corrected chi connectivity index (χ3v) is 3.50. The molecule has 2 aromatic heterocycles. The third kappa shape index (κ3) is 1.72. The van der Waals surface area contributed by atoms with Crippen molar-refractivity contribution in [3.8, 4) is 0 Å². The van der Waals surface area contributed by atoms with Crippen LogP contribution in [0.25, 0.3) is 11.2 Å². The van der Waals surface area contributed by atoms with Gasteiger partial charge in [0.05, 0.1) is 24.6 Å². The average Bonchev–Trinajstić information content (AvgIpc) is 2.74. The van der Waals surface area contributed by atoms with Crippen LogP contribution in [-0.2, 0) is 0 Å². The van der Waals surface area contributed by atoms with Crippen molar-refractivity contribution in [2.24, 2.45) is 0 Å². The van der Waals surface area contributed by atoms with Crippen molar-refractivity contribution in [2.45, 2.75) is 37.5 Å². The Labute approximate surface area is 103 Å². The molecule has 7 heteroatoms. The summed E-state index contributed by atoms with van der Waals surface area (Å²) in [5, 5.41) is 19.6. The molecule has 0 spiro atoms. The first-order valence-corrected chi connectivity index (χ1v) is 5.96. The fraction of sp³-hybridized carbons (Fsp3) is 0.545. The number of hydrogen-bond acceptors (Lipinski definition) is 6. The summed E-state index contributed by atoms with van der Waals surface area (Å²) in [5.74, 6) is 0.337. The Morgan fingerprint density at radius 1 is 1.22 bits per heavy atom. The molecular weight excluding hydrogens is 234 g/mol. The summed E-state index contributed by atoms with van der Waals surface area (Å²) < 4.78 is 1.82. The van der Waals surface area contributed by atoms with Gasteiger partial charge in [-0.3, -0.25) is 0 Å². The van der Waals surface area contributed by atoms with Crippen LogP contribution in [0.5, 0.6) is 0 Å². The number of aliphatic hydroxyl groups excluding tert-OH is 2. The molecule has 1 fully saturated rings. The average molecular weight is 249 g/mol. The zero-order valence-corrected chi connectivity index (χ0v) is 9.77. The lowest BCUT2D eigenvalue weighted by Crippen LogP contribution is -2.33. The van der Waals surface area contributed by atoms with Crippen molar-refractivity contribution in [1.29, 1.82) is 0 Å². The van der Waals surface area contributed by atoms with Gasteiger partial charge in [-0.1, -0.05) is 0 Å². The SMILES string of the molecule is Nc1ncnc2c1ncn2[C@@H]1CC[C@H](O)C[C@H]1O. The summed E-state index contributed by atoms with van der Waals surface area (Å²) in [4.78, 5) is 12.2. The molecule has 0 amide bonds. The Hall–Kier alpha value is -1.73. The summed E-state index contributed by atoms with van der Waals surface area (Å²) in [6, 6.07) is -0.118. The number of nitrogens with two attached hydrogens (primary N) is 1. The van der Waals surface area contributed by atoms with Gasteiger partial charge >= 0.3 is 0 Å². The lowest BCUT2D eigenvalue weighted by Gasteiger charge is -2.31. The minimum Gasteiger partial charge on any atom is -0.393 e. The van der Waals surface area contributed by atoms with E-state index in [0.717, 1.165) is 0 Å². The molecular formula is C11H15N5O2. The fourth-order valence-electron chi connectivity index (χ4n) is 2.55.